The summed E-state index contributed by atoms with van der Waals surface area (Å²) in [4.78, 5) is 19.6. The summed E-state index contributed by atoms with van der Waals surface area (Å²) < 4.78 is 0. The molecule has 0 aliphatic rings. The zero-order valence-electron chi connectivity index (χ0n) is 10.4. The number of nitrogens with zero attached hydrogens (tertiary/aromatic N) is 2. The summed E-state index contributed by atoms with van der Waals surface area (Å²) in [5.41, 5.74) is 1.65. The molecule has 1 heterocycles. The lowest BCUT2D eigenvalue weighted by Crippen LogP contribution is -2.17. The van der Waals surface area contributed by atoms with Crippen LogP contribution in [0.15, 0.2) is 36.5 Å². The van der Waals surface area contributed by atoms with E-state index in [9.17, 15) is 9.90 Å². The Morgan fingerprint density at radius 2 is 2.00 bits per heavy atom. The zero-order valence-corrected chi connectivity index (χ0v) is 11.1. The van der Waals surface area contributed by atoms with Gasteiger partial charge in [0.05, 0.1) is 0 Å². The van der Waals surface area contributed by atoms with Gasteiger partial charge in [-0.3, -0.25) is 4.79 Å². The van der Waals surface area contributed by atoms with E-state index < -0.39 is 11.9 Å². The first kappa shape index (κ1) is 13.5. The summed E-state index contributed by atoms with van der Waals surface area (Å²) in [5.74, 6) is -1.34. The molecule has 2 aromatic rings. The Kier molecular flexibility index (Phi) is 4.12. The average Bonchev–Trinajstić information content (AvgIpc) is 2.37. The molecule has 0 saturated heterocycles. The summed E-state index contributed by atoms with van der Waals surface area (Å²) in [6, 6.07) is 8.85. The molecule has 4 nitrogen and oxygen atoms in total. The topological polar surface area (TPSA) is 63.1 Å². The highest BCUT2D eigenvalue weighted by Gasteiger charge is 2.23. The number of rotatable bonds is 4. The minimum atomic E-state index is -0.930. The van der Waals surface area contributed by atoms with Crippen LogP contribution >= 0.6 is 11.6 Å². The quantitative estimate of drug-likeness (QED) is 0.933. The molecule has 0 spiro atoms. The largest absolute Gasteiger partial charge is 0.481 e. The number of hydrogen-bond donors (Lipinski definition) is 1. The van der Waals surface area contributed by atoms with Crippen molar-refractivity contribution in [3.8, 4) is 0 Å². The molecule has 1 aromatic heterocycles. The van der Waals surface area contributed by atoms with Crippen LogP contribution in [0.4, 0.5) is 0 Å². The lowest BCUT2D eigenvalue weighted by molar-refractivity contribution is -0.139. The third-order valence-corrected chi connectivity index (χ3v) is 3.03. The first-order valence-corrected chi connectivity index (χ1v) is 6.21. The second-order valence-electron chi connectivity index (χ2n) is 4.28. The van der Waals surface area contributed by atoms with Gasteiger partial charge in [-0.15, -0.1) is 0 Å². The molecule has 1 aromatic carbocycles. The molecule has 5 heteroatoms. The van der Waals surface area contributed by atoms with Gasteiger partial charge in [-0.1, -0.05) is 23.7 Å². The second-order valence-corrected chi connectivity index (χ2v) is 4.71. The summed E-state index contributed by atoms with van der Waals surface area (Å²) in [6.07, 6.45) is 1.92. The van der Waals surface area contributed by atoms with Gasteiger partial charge in [0.25, 0.3) is 0 Å². The number of benzene rings is 1. The van der Waals surface area contributed by atoms with Gasteiger partial charge in [0.1, 0.15) is 11.7 Å². The lowest BCUT2D eigenvalue weighted by Gasteiger charge is -2.11. The highest BCUT2D eigenvalue weighted by molar-refractivity contribution is 6.30. The van der Waals surface area contributed by atoms with E-state index >= 15 is 0 Å². The smallest absolute Gasteiger partial charge is 0.314 e. The van der Waals surface area contributed by atoms with Gasteiger partial charge in [-0.05, 0) is 37.1 Å². The number of carbonyl (C=O) groups is 1. The van der Waals surface area contributed by atoms with Crippen molar-refractivity contribution in [3.63, 3.8) is 0 Å². The monoisotopic (exact) mass is 276 g/mol. The lowest BCUT2D eigenvalue weighted by atomic mass is 9.98. The third-order valence-electron chi connectivity index (χ3n) is 2.78. The Morgan fingerprint density at radius 1 is 1.32 bits per heavy atom. The fourth-order valence-corrected chi connectivity index (χ4v) is 1.91. The van der Waals surface area contributed by atoms with Crippen molar-refractivity contribution in [2.45, 2.75) is 19.3 Å². The van der Waals surface area contributed by atoms with Gasteiger partial charge in [0.15, 0.2) is 0 Å². The van der Waals surface area contributed by atoms with Gasteiger partial charge < -0.3 is 5.11 Å². The van der Waals surface area contributed by atoms with Gasteiger partial charge in [0, 0.05) is 16.9 Å². The van der Waals surface area contributed by atoms with Crippen molar-refractivity contribution < 1.29 is 9.90 Å². The van der Waals surface area contributed by atoms with Crippen molar-refractivity contribution in [1.29, 1.82) is 0 Å². The van der Waals surface area contributed by atoms with E-state index in [1.807, 2.05) is 19.1 Å². The van der Waals surface area contributed by atoms with Crippen LogP contribution in [-0.4, -0.2) is 21.0 Å². The van der Waals surface area contributed by atoms with E-state index in [1.165, 1.54) is 0 Å². The third kappa shape index (κ3) is 3.51. The highest BCUT2D eigenvalue weighted by Crippen LogP contribution is 2.19. The fourth-order valence-electron chi connectivity index (χ4n) is 1.78. The van der Waals surface area contributed by atoms with Crippen LogP contribution in [-0.2, 0) is 11.2 Å². The molecule has 1 atom stereocenters. The van der Waals surface area contributed by atoms with Gasteiger partial charge in [-0.25, -0.2) is 9.97 Å². The van der Waals surface area contributed by atoms with Gasteiger partial charge >= 0.3 is 5.97 Å². The van der Waals surface area contributed by atoms with E-state index in [0.717, 1.165) is 11.3 Å². The predicted molar refractivity (Wildman–Crippen MR) is 72.3 cm³/mol. The van der Waals surface area contributed by atoms with Crippen molar-refractivity contribution in [3.05, 3.63) is 58.6 Å². The van der Waals surface area contributed by atoms with Crippen molar-refractivity contribution in [1.82, 2.24) is 9.97 Å². The van der Waals surface area contributed by atoms with Gasteiger partial charge in [0.2, 0.25) is 0 Å². The predicted octanol–water partition coefficient (Wildman–Crippen LogP) is 2.85. The maximum Gasteiger partial charge on any atom is 0.314 e. The van der Waals surface area contributed by atoms with Crippen LogP contribution in [0.2, 0.25) is 5.02 Å². The number of carboxylic acids is 1. The number of halogens is 1. The highest BCUT2D eigenvalue weighted by atomic mass is 35.5. The summed E-state index contributed by atoms with van der Waals surface area (Å²) in [5, 5.41) is 9.95. The van der Waals surface area contributed by atoms with Crippen molar-refractivity contribution in [2.24, 2.45) is 0 Å². The average molecular weight is 277 g/mol. The Hall–Kier alpha value is -1.94. The fraction of sp³-hybridized carbons (Fsp3) is 0.214. The van der Waals surface area contributed by atoms with E-state index in [1.54, 1.807) is 24.4 Å². The van der Waals surface area contributed by atoms with Crippen LogP contribution in [0.3, 0.4) is 0 Å². The van der Waals surface area contributed by atoms with Crippen LogP contribution in [0.5, 0.6) is 0 Å². The van der Waals surface area contributed by atoms with E-state index in [4.69, 9.17) is 11.6 Å². The van der Waals surface area contributed by atoms with Crippen molar-refractivity contribution in [2.75, 3.05) is 0 Å². The Balaban J connectivity index is 2.26. The summed E-state index contributed by atoms with van der Waals surface area (Å²) in [7, 11) is 0. The molecule has 0 bridgehead atoms. The molecule has 19 heavy (non-hydrogen) atoms. The molecule has 98 valence electrons. The first-order valence-electron chi connectivity index (χ1n) is 5.83. The molecule has 0 fully saturated rings. The van der Waals surface area contributed by atoms with Crippen LogP contribution in [0.1, 0.15) is 23.0 Å². The normalized spacial score (nSPS) is 12.1. The Morgan fingerprint density at radius 3 is 2.58 bits per heavy atom. The molecule has 0 aliphatic carbocycles. The molecular formula is C14H13ClN2O2. The Labute approximate surface area is 116 Å². The van der Waals surface area contributed by atoms with Gasteiger partial charge in [-0.2, -0.15) is 0 Å². The number of aromatic nitrogens is 2. The first-order chi connectivity index (χ1) is 9.06. The minimum Gasteiger partial charge on any atom is -0.481 e. The standard InChI is InChI=1S/C14H13ClN2O2/c1-9-6-7-16-13(17-9)12(14(18)19)8-10-2-4-11(15)5-3-10/h2-7,12H,8H2,1H3,(H,18,19). The molecule has 0 aliphatic heterocycles. The van der Waals surface area contributed by atoms with E-state index in [0.29, 0.717) is 17.3 Å². The molecule has 1 N–H and O–H groups in total. The van der Waals surface area contributed by atoms with Crippen molar-refractivity contribution >= 4 is 17.6 Å². The van der Waals surface area contributed by atoms with Crippen LogP contribution in [0, 0.1) is 6.92 Å². The summed E-state index contributed by atoms with van der Waals surface area (Å²) >= 11 is 5.81. The van der Waals surface area contributed by atoms with E-state index in [-0.39, 0.29) is 0 Å². The second kappa shape index (κ2) is 5.80. The number of aliphatic carboxylic acids is 1. The molecular weight excluding hydrogens is 264 g/mol. The van der Waals surface area contributed by atoms with E-state index in [2.05, 4.69) is 9.97 Å². The molecule has 0 radical (unpaired) electrons. The maximum absolute atomic E-state index is 11.4. The number of hydrogen-bond acceptors (Lipinski definition) is 3. The number of aryl methyl sites for hydroxylation is 1. The number of carboxylic acid groups (broad SMARTS) is 1. The minimum absolute atomic E-state index is 0.336. The Bertz CT molecular complexity index is 584. The SMILES string of the molecule is Cc1ccnc(C(Cc2ccc(Cl)cc2)C(=O)O)n1. The molecule has 0 saturated carbocycles. The van der Waals surface area contributed by atoms with Crippen LogP contribution < -0.4 is 0 Å². The molecule has 2 rings (SSSR count). The summed E-state index contributed by atoms with van der Waals surface area (Å²) in [6.45, 7) is 1.81. The van der Waals surface area contributed by atoms with Crippen LogP contribution in [0.25, 0.3) is 0 Å². The molecule has 1 unspecified atom stereocenters. The zero-order chi connectivity index (χ0) is 13.8. The maximum atomic E-state index is 11.4. The molecule has 0 amide bonds.